The van der Waals surface area contributed by atoms with Crippen LogP contribution in [0.5, 0.6) is 0 Å². The lowest BCUT2D eigenvalue weighted by Gasteiger charge is -2.30. The van der Waals surface area contributed by atoms with E-state index in [-0.39, 0.29) is 11.8 Å². The van der Waals surface area contributed by atoms with Crippen LogP contribution in [-0.4, -0.2) is 42.3 Å². The number of likely N-dealkylation sites (tertiary alicyclic amines) is 1. The van der Waals surface area contributed by atoms with E-state index in [1.807, 2.05) is 0 Å². The Balaban J connectivity index is 1.59. The molecule has 2 aromatic rings. The molecule has 0 unspecified atom stereocenters. The molecule has 1 fully saturated rings. The van der Waals surface area contributed by atoms with Crippen LogP contribution in [0.4, 0.5) is 4.39 Å². The zero-order valence-corrected chi connectivity index (χ0v) is 12.5. The Labute approximate surface area is 128 Å². The summed E-state index contributed by atoms with van der Waals surface area (Å²) in [7, 11) is 0. The molecule has 0 N–H and O–H groups in total. The van der Waals surface area contributed by atoms with Crippen molar-refractivity contribution in [2.75, 3.05) is 26.2 Å². The molecule has 0 amide bonds. The number of piperidine rings is 1. The molecule has 5 nitrogen and oxygen atoms in total. The molecule has 118 valence electrons. The maximum atomic E-state index is 13.2. The maximum Gasteiger partial charge on any atom is 0.302 e. The van der Waals surface area contributed by atoms with E-state index in [1.54, 1.807) is 6.07 Å². The molecule has 1 saturated heterocycles. The zero-order chi connectivity index (χ0) is 15.5. The van der Waals surface area contributed by atoms with Gasteiger partial charge in [-0.1, -0.05) is 5.16 Å². The van der Waals surface area contributed by atoms with Gasteiger partial charge in [-0.2, -0.15) is 0 Å². The van der Waals surface area contributed by atoms with Crippen LogP contribution < -0.4 is 0 Å². The van der Waals surface area contributed by atoms with Crippen LogP contribution in [0.2, 0.25) is 0 Å². The van der Waals surface area contributed by atoms with E-state index >= 15 is 0 Å². The summed E-state index contributed by atoms with van der Waals surface area (Å²) in [5, 5.41) is 5.04. The lowest BCUT2D eigenvalue weighted by Crippen LogP contribution is -2.35. The van der Waals surface area contributed by atoms with Crippen LogP contribution in [0.15, 0.2) is 22.7 Å². The average Bonchev–Trinajstić information content (AvgIpc) is 2.90. The van der Waals surface area contributed by atoms with Gasteiger partial charge in [-0.3, -0.25) is 9.69 Å². The second-order valence-corrected chi connectivity index (χ2v) is 5.66. The van der Waals surface area contributed by atoms with E-state index in [9.17, 15) is 9.18 Å². The normalized spacial score (nSPS) is 17.0. The molecule has 1 aromatic heterocycles. The second-order valence-electron chi connectivity index (χ2n) is 5.66. The minimum atomic E-state index is -0.310. The SMILES string of the molecule is CC(=O)OCCN1CCC(c2noc3cc(F)ccc23)CC1. The molecule has 2 heterocycles. The van der Waals surface area contributed by atoms with E-state index < -0.39 is 0 Å². The third-order valence-electron chi connectivity index (χ3n) is 4.15. The van der Waals surface area contributed by atoms with Crippen LogP contribution in [0.25, 0.3) is 11.0 Å². The van der Waals surface area contributed by atoms with Gasteiger partial charge in [-0.05, 0) is 38.1 Å². The lowest BCUT2D eigenvalue weighted by atomic mass is 9.91. The minimum Gasteiger partial charge on any atom is -0.465 e. The Kier molecular flexibility index (Phi) is 4.38. The molecule has 22 heavy (non-hydrogen) atoms. The van der Waals surface area contributed by atoms with Crippen molar-refractivity contribution in [2.45, 2.75) is 25.7 Å². The molecule has 1 aromatic carbocycles. The van der Waals surface area contributed by atoms with Gasteiger partial charge in [-0.25, -0.2) is 4.39 Å². The molecule has 0 spiro atoms. The van der Waals surface area contributed by atoms with Gasteiger partial charge < -0.3 is 9.26 Å². The summed E-state index contributed by atoms with van der Waals surface area (Å²) >= 11 is 0. The van der Waals surface area contributed by atoms with Crippen LogP contribution in [0.3, 0.4) is 0 Å². The number of nitrogens with zero attached hydrogens (tertiary/aromatic N) is 2. The Morgan fingerprint density at radius 3 is 2.95 bits per heavy atom. The van der Waals surface area contributed by atoms with Crippen LogP contribution in [0.1, 0.15) is 31.4 Å². The predicted molar refractivity (Wildman–Crippen MR) is 79.0 cm³/mol. The first-order chi connectivity index (χ1) is 10.6. The quantitative estimate of drug-likeness (QED) is 0.813. The smallest absolute Gasteiger partial charge is 0.302 e. The second kappa shape index (κ2) is 6.44. The highest BCUT2D eigenvalue weighted by Gasteiger charge is 2.25. The first-order valence-corrected chi connectivity index (χ1v) is 7.54. The molecule has 0 bridgehead atoms. The third-order valence-corrected chi connectivity index (χ3v) is 4.15. The van der Waals surface area contributed by atoms with Crippen LogP contribution >= 0.6 is 0 Å². The predicted octanol–water partition coefficient (Wildman–Crippen LogP) is 2.71. The summed E-state index contributed by atoms with van der Waals surface area (Å²) in [4.78, 5) is 13.0. The van der Waals surface area contributed by atoms with Gasteiger partial charge in [0.05, 0.1) is 5.69 Å². The third kappa shape index (κ3) is 3.27. The lowest BCUT2D eigenvalue weighted by molar-refractivity contribution is -0.141. The molecule has 1 aliphatic rings. The van der Waals surface area contributed by atoms with Gasteiger partial charge in [0, 0.05) is 30.8 Å². The summed E-state index contributed by atoms with van der Waals surface area (Å²) in [6.45, 7) is 4.48. The summed E-state index contributed by atoms with van der Waals surface area (Å²) in [5.74, 6) is -0.219. The number of carbonyl (C=O) groups is 1. The molecule has 0 aliphatic carbocycles. The van der Waals surface area contributed by atoms with Gasteiger partial charge in [0.25, 0.3) is 0 Å². The summed E-state index contributed by atoms with van der Waals surface area (Å²) in [5.41, 5.74) is 1.43. The largest absolute Gasteiger partial charge is 0.465 e. The first-order valence-electron chi connectivity index (χ1n) is 7.54. The highest BCUT2D eigenvalue weighted by atomic mass is 19.1. The highest BCUT2D eigenvalue weighted by Crippen LogP contribution is 2.32. The van der Waals surface area contributed by atoms with Gasteiger partial charge in [0.15, 0.2) is 5.58 Å². The number of fused-ring (bicyclic) bond motifs is 1. The molecule has 3 rings (SSSR count). The van der Waals surface area contributed by atoms with Gasteiger partial charge in [0.1, 0.15) is 12.4 Å². The van der Waals surface area contributed by atoms with Crippen molar-refractivity contribution in [2.24, 2.45) is 0 Å². The number of ether oxygens (including phenoxy) is 1. The first kappa shape index (κ1) is 15.0. The molecule has 0 radical (unpaired) electrons. The number of esters is 1. The van der Waals surface area contributed by atoms with E-state index in [4.69, 9.17) is 9.26 Å². The van der Waals surface area contributed by atoms with Gasteiger partial charge in [-0.15, -0.1) is 0 Å². The van der Waals surface area contributed by atoms with Crippen molar-refractivity contribution >= 4 is 16.9 Å². The van der Waals surface area contributed by atoms with Crippen LogP contribution in [0, 0.1) is 5.82 Å². The highest BCUT2D eigenvalue weighted by molar-refractivity contribution is 5.79. The molecular weight excluding hydrogens is 287 g/mol. The molecule has 0 atom stereocenters. The van der Waals surface area contributed by atoms with E-state index in [2.05, 4.69) is 10.1 Å². The zero-order valence-electron chi connectivity index (χ0n) is 12.5. The van der Waals surface area contributed by atoms with Crippen LogP contribution in [-0.2, 0) is 9.53 Å². The molecule has 0 saturated carbocycles. The van der Waals surface area contributed by atoms with Crippen molar-refractivity contribution in [3.8, 4) is 0 Å². The fraction of sp³-hybridized carbons (Fsp3) is 0.500. The minimum absolute atomic E-state index is 0.240. The number of rotatable bonds is 4. The summed E-state index contributed by atoms with van der Waals surface area (Å²) in [6.07, 6.45) is 1.94. The van der Waals surface area contributed by atoms with Crippen molar-refractivity contribution < 1.29 is 18.4 Å². The van der Waals surface area contributed by atoms with E-state index in [1.165, 1.54) is 19.1 Å². The fourth-order valence-corrected chi connectivity index (χ4v) is 2.97. The standard InChI is InChI=1S/C16H19FN2O3/c1-11(20)21-9-8-19-6-4-12(5-7-19)16-14-3-2-13(17)10-15(14)22-18-16/h2-3,10,12H,4-9H2,1H3. The number of halogens is 1. The van der Waals surface area contributed by atoms with Crippen molar-refractivity contribution in [1.82, 2.24) is 10.1 Å². The number of benzene rings is 1. The number of hydrogen-bond donors (Lipinski definition) is 0. The Morgan fingerprint density at radius 2 is 2.23 bits per heavy atom. The summed E-state index contributed by atoms with van der Waals surface area (Å²) < 4.78 is 23.4. The Hall–Kier alpha value is -1.95. The topological polar surface area (TPSA) is 55.6 Å². The number of carbonyl (C=O) groups excluding carboxylic acids is 1. The Bertz CT molecular complexity index is 662. The van der Waals surface area contributed by atoms with Crippen molar-refractivity contribution in [3.05, 3.63) is 29.7 Å². The van der Waals surface area contributed by atoms with E-state index in [0.29, 0.717) is 18.1 Å². The summed E-state index contributed by atoms with van der Waals surface area (Å²) in [6, 6.07) is 4.56. The van der Waals surface area contributed by atoms with Crippen molar-refractivity contribution in [1.29, 1.82) is 0 Å². The molecular formula is C16H19FN2O3. The maximum absolute atomic E-state index is 13.2. The Morgan fingerprint density at radius 1 is 1.45 bits per heavy atom. The molecule has 6 heteroatoms. The van der Waals surface area contributed by atoms with Crippen molar-refractivity contribution in [3.63, 3.8) is 0 Å². The van der Waals surface area contributed by atoms with Gasteiger partial charge >= 0.3 is 5.97 Å². The number of hydrogen-bond acceptors (Lipinski definition) is 5. The fourth-order valence-electron chi connectivity index (χ4n) is 2.97. The van der Waals surface area contributed by atoms with E-state index in [0.717, 1.165) is 43.6 Å². The molecule has 1 aliphatic heterocycles. The van der Waals surface area contributed by atoms with Gasteiger partial charge in [0.2, 0.25) is 0 Å². The average molecular weight is 306 g/mol. The number of aromatic nitrogens is 1. The monoisotopic (exact) mass is 306 g/mol.